The van der Waals surface area contributed by atoms with Crippen LogP contribution < -0.4 is 5.32 Å². The lowest BCUT2D eigenvalue weighted by molar-refractivity contribution is 0.822. The summed E-state index contributed by atoms with van der Waals surface area (Å²) in [7, 11) is 0. The van der Waals surface area contributed by atoms with Crippen LogP contribution in [0.2, 0.25) is 0 Å². The fourth-order valence-corrected chi connectivity index (χ4v) is 3.64. The minimum atomic E-state index is 0.353. The van der Waals surface area contributed by atoms with Crippen LogP contribution in [0.15, 0.2) is 65.1 Å². The van der Waals surface area contributed by atoms with Crippen molar-refractivity contribution in [3.05, 3.63) is 76.3 Å². The second-order valence-electron chi connectivity index (χ2n) is 5.24. The maximum atomic E-state index is 3.66. The van der Waals surface area contributed by atoms with Gasteiger partial charge in [-0.1, -0.05) is 64.5 Å². The van der Waals surface area contributed by atoms with Crippen molar-refractivity contribution in [2.45, 2.75) is 12.5 Å². The van der Waals surface area contributed by atoms with Crippen LogP contribution in [0.1, 0.15) is 17.2 Å². The molecule has 0 radical (unpaired) electrons. The van der Waals surface area contributed by atoms with E-state index in [4.69, 9.17) is 0 Å². The molecule has 0 saturated carbocycles. The van der Waals surface area contributed by atoms with Crippen LogP contribution >= 0.6 is 15.9 Å². The first-order valence-electron chi connectivity index (χ1n) is 6.84. The number of halogens is 1. The van der Waals surface area contributed by atoms with Crippen molar-refractivity contribution in [1.29, 1.82) is 0 Å². The molecule has 0 saturated heterocycles. The summed E-state index contributed by atoms with van der Waals surface area (Å²) in [4.78, 5) is 0. The maximum absolute atomic E-state index is 3.66. The highest BCUT2D eigenvalue weighted by atomic mass is 79.9. The lowest BCUT2D eigenvalue weighted by atomic mass is 9.98. The van der Waals surface area contributed by atoms with Crippen LogP contribution in [0.3, 0.4) is 0 Å². The van der Waals surface area contributed by atoms with Crippen molar-refractivity contribution >= 4 is 32.4 Å². The summed E-state index contributed by atoms with van der Waals surface area (Å²) >= 11 is 3.66. The number of benzene rings is 3. The van der Waals surface area contributed by atoms with Crippen LogP contribution in [0, 0.1) is 0 Å². The van der Waals surface area contributed by atoms with E-state index in [-0.39, 0.29) is 0 Å². The molecule has 1 unspecified atom stereocenters. The average Bonchev–Trinajstić information content (AvgIpc) is 2.92. The normalized spacial score (nSPS) is 16.9. The van der Waals surface area contributed by atoms with Crippen LogP contribution in [0.25, 0.3) is 10.8 Å². The molecule has 1 aliphatic heterocycles. The van der Waals surface area contributed by atoms with Crippen molar-refractivity contribution < 1.29 is 0 Å². The second-order valence-corrected chi connectivity index (χ2v) is 6.09. The fraction of sp³-hybridized carbons (Fsp3) is 0.111. The van der Waals surface area contributed by atoms with Crippen LogP contribution in [0.4, 0.5) is 5.69 Å². The van der Waals surface area contributed by atoms with E-state index in [0.717, 1.165) is 6.42 Å². The maximum Gasteiger partial charge on any atom is 0.0566 e. The van der Waals surface area contributed by atoms with Crippen molar-refractivity contribution in [3.8, 4) is 0 Å². The molecule has 1 aliphatic rings. The van der Waals surface area contributed by atoms with E-state index in [0.29, 0.717) is 6.04 Å². The van der Waals surface area contributed by atoms with E-state index in [9.17, 15) is 0 Å². The third-order valence-corrected chi connectivity index (χ3v) is 4.78. The number of nitrogens with one attached hydrogen (secondary N) is 1. The Kier molecular flexibility index (Phi) is 2.78. The number of hydrogen-bond donors (Lipinski definition) is 1. The molecule has 0 aromatic heterocycles. The molecule has 4 rings (SSSR count). The highest BCUT2D eigenvalue weighted by molar-refractivity contribution is 9.10. The van der Waals surface area contributed by atoms with Crippen LogP contribution in [0.5, 0.6) is 0 Å². The number of anilines is 1. The molecule has 1 heterocycles. The third kappa shape index (κ3) is 1.83. The van der Waals surface area contributed by atoms with Crippen LogP contribution in [-0.4, -0.2) is 0 Å². The predicted molar refractivity (Wildman–Crippen MR) is 88.2 cm³/mol. The summed E-state index contributed by atoms with van der Waals surface area (Å²) in [6.07, 6.45) is 1.04. The fourth-order valence-electron chi connectivity index (χ4n) is 3.08. The lowest BCUT2D eigenvalue weighted by Gasteiger charge is -2.13. The van der Waals surface area contributed by atoms with E-state index < -0.39 is 0 Å². The first-order chi connectivity index (χ1) is 9.83. The van der Waals surface area contributed by atoms with Crippen molar-refractivity contribution in [3.63, 3.8) is 0 Å². The largest absolute Gasteiger partial charge is 0.378 e. The first kappa shape index (κ1) is 12.0. The quantitative estimate of drug-likeness (QED) is 0.639. The molecule has 2 heteroatoms. The zero-order chi connectivity index (χ0) is 13.5. The average molecular weight is 324 g/mol. The Hall–Kier alpha value is -1.80. The molecule has 1 nitrogen and oxygen atoms in total. The number of hydrogen-bond acceptors (Lipinski definition) is 1. The standard InChI is InChI=1S/C18H14BrN/c19-16-8-4-3-7-14(16)18-11-15-13-6-2-1-5-12(13)9-10-17(15)20-18/h1-10,18,20H,11H2. The smallest absolute Gasteiger partial charge is 0.0566 e. The predicted octanol–water partition coefficient (Wildman–Crippen LogP) is 5.31. The summed E-state index contributed by atoms with van der Waals surface area (Å²) in [5.41, 5.74) is 4.03. The molecule has 3 aromatic carbocycles. The molecule has 0 spiro atoms. The van der Waals surface area contributed by atoms with Gasteiger partial charge in [0.25, 0.3) is 0 Å². The van der Waals surface area contributed by atoms with Gasteiger partial charge >= 0.3 is 0 Å². The van der Waals surface area contributed by atoms with Gasteiger partial charge in [0.2, 0.25) is 0 Å². The van der Waals surface area contributed by atoms with Gasteiger partial charge in [0.1, 0.15) is 0 Å². The molecule has 0 aliphatic carbocycles. The van der Waals surface area contributed by atoms with E-state index in [1.807, 2.05) is 0 Å². The Balaban J connectivity index is 1.81. The highest BCUT2D eigenvalue weighted by Gasteiger charge is 2.24. The molecule has 0 bridgehead atoms. The second kappa shape index (κ2) is 4.64. The topological polar surface area (TPSA) is 12.0 Å². The van der Waals surface area contributed by atoms with Gasteiger partial charge in [-0.05, 0) is 40.5 Å². The molecule has 1 N–H and O–H groups in total. The summed E-state index contributed by atoms with van der Waals surface area (Å²) in [5.74, 6) is 0. The van der Waals surface area contributed by atoms with Gasteiger partial charge in [0, 0.05) is 10.2 Å². The molecule has 3 aromatic rings. The number of rotatable bonds is 1. The summed E-state index contributed by atoms with van der Waals surface area (Å²) < 4.78 is 1.18. The Morgan fingerprint density at radius 2 is 1.70 bits per heavy atom. The van der Waals surface area contributed by atoms with Gasteiger partial charge in [-0.15, -0.1) is 0 Å². The lowest BCUT2D eigenvalue weighted by Crippen LogP contribution is -2.06. The zero-order valence-electron chi connectivity index (χ0n) is 10.9. The highest BCUT2D eigenvalue weighted by Crippen LogP contribution is 2.40. The monoisotopic (exact) mass is 323 g/mol. The van der Waals surface area contributed by atoms with Gasteiger partial charge in [0.15, 0.2) is 0 Å². The minimum Gasteiger partial charge on any atom is -0.378 e. The van der Waals surface area contributed by atoms with E-state index >= 15 is 0 Å². The molecule has 1 atom stereocenters. The van der Waals surface area contributed by atoms with E-state index in [1.54, 1.807) is 0 Å². The van der Waals surface area contributed by atoms with E-state index in [1.165, 1.54) is 32.1 Å². The van der Waals surface area contributed by atoms with Gasteiger partial charge in [-0.25, -0.2) is 0 Å². The van der Waals surface area contributed by atoms with Gasteiger partial charge in [0.05, 0.1) is 6.04 Å². The Morgan fingerprint density at radius 3 is 2.60 bits per heavy atom. The van der Waals surface area contributed by atoms with Crippen molar-refractivity contribution in [1.82, 2.24) is 0 Å². The Bertz CT molecular complexity index is 794. The molecule has 98 valence electrons. The first-order valence-corrected chi connectivity index (χ1v) is 7.64. The Morgan fingerprint density at radius 1 is 0.900 bits per heavy atom. The van der Waals surface area contributed by atoms with Gasteiger partial charge < -0.3 is 5.32 Å². The van der Waals surface area contributed by atoms with Crippen LogP contribution in [-0.2, 0) is 6.42 Å². The van der Waals surface area contributed by atoms with Gasteiger partial charge in [-0.3, -0.25) is 0 Å². The third-order valence-electron chi connectivity index (χ3n) is 4.06. The molecule has 0 fully saturated rings. The molecular weight excluding hydrogens is 310 g/mol. The summed E-state index contributed by atoms with van der Waals surface area (Å²) in [5, 5.41) is 6.34. The van der Waals surface area contributed by atoms with Crippen molar-refractivity contribution in [2.75, 3.05) is 5.32 Å². The molecule has 20 heavy (non-hydrogen) atoms. The van der Waals surface area contributed by atoms with Crippen molar-refractivity contribution in [2.24, 2.45) is 0 Å². The summed E-state index contributed by atoms with van der Waals surface area (Å²) in [6, 6.07) is 21.8. The molecule has 0 amide bonds. The molecular formula is C18H14BrN. The minimum absolute atomic E-state index is 0.353. The number of fused-ring (bicyclic) bond motifs is 3. The van der Waals surface area contributed by atoms with Gasteiger partial charge in [-0.2, -0.15) is 0 Å². The zero-order valence-corrected chi connectivity index (χ0v) is 12.5. The summed E-state index contributed by atoms with van der Waals surface area (Å²) in [6.45, 7) is 0. The Labute approximate surface area is 126 Å². The van der Waals surface area contributed by atoms with E-state index in [2.05, 4.69) is 81.9 Å². The SMILES string of the molecule is Brc1ccccc1C1Cc2c(ccc3ccccc23)N1.